The molecule has 0 spiro atoms. The molecule has 10 heteroatoms. The maximum Gasteiger partial charge on any atom is 0.254 e. The van der Waals surface area contributed by atoms with E-state index in [1.807, 2.05) is 6.07 Å². The second kappa shape index (κ2) is 11.8. The van der Waals surface area contributed by atoms with Crippen LogP contribution in [0.4, 0.5) is 4.39 Å². The number of hydrogen-bond donors (Lipinski definition) is 0. The van der Waals surface area contributed by atoms with Crippen molar-refractivity contribution >= 4 is 15.7 Å². The molecular formula is C26H30FN3O5S. The summed E-state index contributed by atoms with van der Waals surface area (Å²) in [4.78, 5) is 19.2. The average Bonchev–Trinajstić information content (AvgIpc) is 3.54. The highest BCUT2D eigenvalue weighted by atomic mass is 32.2. The van der Waals surface area contributed by atoms with Crippen molar-refractivity contribution in [1.82, 2.24) is 14.5 Å². The van der Waals surface area contributed by atoms with Gasteiger partial charge in [0.05, 0.1) is 43.4 Å². The van der Waals surface area contributed by atoms with Crippen molar-refractivity contribution in [2.75, 3.05) is 26.9 Å². The Hall–Kier alpha value is -3.08. The number of sulfone groups is 1. The quantitative estimate of drug-likeness (QED) is 0.389. The maximum atomic E-state index is 13.4. The zero-order valence-corrected chi connectivity index (χ0v) is 21.0. The first-order valence-corrected chi connectivity index (χ1v) is 13.5. The van der Waals surface area contributed by atoms with Crippen LogP contribution in [0.15, 0.2) is 66.0 Å². The van der Waals surface area contributed by atoms with E-state index in [1.54, 1.807) is 40.8 Å². The lowest BCUT2D eigenvalue weighted by Crippen LogP contribution is -2.34. The third-order valence-corrected chi connectivity index (χ3v) is 7.68. The van der Waals surface area contributed by atoms with Crippen molar-refractivity contribution in [3.63, 3.8) is 0 Å². The third-order valence-electron chi connectivity index (χ3n) is 6.09. The van der Waals surface area contributed by atoms with Crippen LogP contribution in [0.1, 0.15) is 34.5 Å². The summed E-state index contributed by atoms with van der Waals surface area (Å²) < 4.78 is 52.7. The van der Waals surface area contributed by atoms with E-state index < -0.39 is 15.7 Å². The number of carbonyl (C=O) groups excluding carboxylic acids is 1. The molecule has 3 aromatic rings. The van der Waals surface area contributed by atoms with Gasteiger partial charge in [-0.25, -0.2) is 17.8 Å². The molecule has 0 saturated carbocycles. The molecule has 2 aromatic carbocycles. The van der Waals surface area contributed by atoms with Gasteiger partial charge in [0.25, 0.3) is 5.91 Å². The Balaban J connectivity index is 1.65. The normalized spacial score (nSPS) is 15.8. The minimum absolute atomic E-state index is 0.0869. The van der Waals surface area contributed by atoms with Gasteiger partial charge in [-0.2, -0.15) is 0 Å². The molecule has 1 aromatic heterocycles. The van der Waals surface area contributed by atoms with Crippen LogP contribution >= 0.6 is 0 Å². The first-order valence-electron chi connectivity index (χ1n) is 11.8. The number of carbonyl (C=O) groups is 1. The van der Waals surface area contributed by atoms with Gasteiger partial charge in [-0.15, -0.1) is 0 Å². The van der Waals surface area contributed by atoms with Crippen LogP contribution in [0.5, 0.6) is 0 Å². The number of aromatic nitrogens is 2. The summed E-state index contributed by atoms with van der Waals surface area (Å²) in [5.41, 5.74) is 1.58. The van der Waals surface area contributed by atoms with Gasteiger partial charge in [0.1, 0.15) is 5.82 Å². The molecule has 36 heavy (non-hydrogen) atoms. The van der Waals surface area contributed by atoms with E-state index in [0.29, 0.717) is 43.1 Å². The number of benzene rings is 2. The van der Waals surface area contributed by atoms with Crippen LogP contribution in [0.3, 0.4) is 0 Å². The Kier molecular flexibility index (Phi) is 8.50. The fraction of sp³-hybridized carbons (Fsp3) is 0.385. The van der Waals surface area contributed by atoms with Gasteiger partial charge in [0.2, 0.25) is 15.0 Å². The largest absolute Gasteiger partial charge is 0.383 e. The van der Waals surface area contributed by atoms with Gasteiger partial charge in [-0.1, -0.05) is 30.3 Å². The van der Waals surface area contributed by atoms with E-state index in [-0.39, 0.29) is 29.5 Å². The van der Waals surface area contributed by atoms with Crippen molar-refractivity contribution < 1.29 is 27.1 Å². The van der Waals surface area contributed by atoms with Crippen molar-refractivity contribution in [1.29, 1.82) is 0 Å². The first kappa shape index (κ1) is 26.0. The summed E-state index contributed by atoms with van der Waals surface area (Å²) in [5.74, 6) is -0.934. The van der Waals surface area contributed by atoms with Crippen LogP contribution in [-0.4, -0.2) is 61.7 Å². The number of nitrogens with zero attached hydrogens (tertiary/aromatic N) is 3. The smallest absolute Gasteiger partial charge is 0.254 e. The van der Waals surface area contributed by atoms with Gasteiger partial charge in [-0.05, 0) is 42.7 Å². The molecule has 1 unspecified atom stereocenters. The molecule has 1 amide bonds. The predicted molar refractivity (Wildman–Crippen MR) is 132 cm³/mol. The molecule has 0 bridgehead atoms. The van der Waals surface area contributed by atoms with Crippen molar-refractivity contribution in [3.8, 4) is 0 Å². The fourth-order valence-corrected chi connectivity index (χ4v) is 5.73. The van der Waals surface area contributed by atoms with E-state index in [4.69, 9.17) is 9.47 Å². The summed E-state index contributed by atoms with van der Waals surface area (Å²) in [6.07, 6.45) is 3.07. The zero-order valence-electron chi connectivity index (χ0n) is 20.2. The topological polar surface area (TPSA) is 90.7 Å². The summed E-state index contributed by atoms with van der Waals surface area (Å²) in [6.45, 7) is 1.74. The number of halogens is 1. The number of rotatable bonds is 11. The molecule has 1 fully saturated rings. The molecule has 2 heterocycles. The predicted octanol–water partition coefficient (Wildman–Crippen LogP) is 3.46. The molecule has 1 aliphatic heterocycles. The maximum absolute atomic E-state index is 13.4. The number of imidazole rings is 1. The number of ether oxygens (including phenoxy) is 2. The van der Waals surface area contributed by atoms with Crippen molar-refractivity contribution in [2.24, 2.45) is 0 Å². The molecule has 8 nitrogen and oxygen atoms in total. The molecule has 0 radical (unpaired) electrons. The monoisotopic (exact) mass is 515 g/mol. The Labute approximate surface area is 210 Å². The zero-order chi connectivity index (χ0) is 25.5. The second-order valence-electron chi connectivity index (χ2n) is 8.75. The Morgan fingerprint density at radius 3 is 2.61 bits per heavy atom. The molecule has 192 valence electrons. The van der Waals surface area contributed by atoms with Gasteiger partial charge >= 0.3 is 0 Å². The van der Waals surface area contributed by atoms with Gasteiger partial charge < -0.3 is 18.9 Å². The lowest BCUT2D eigenvalue weighted by molar-refractivity contribution is 0.0668. The van der Waals surface area contributed by atoms with Crippen molar-refractivity contribution in [3.05, 3.63) is 83.4 Å². The molecule has 1 saturated heterocycles. The summed E-state index contributed by atoms with van der Waals surface area (Å²) >= 11 is 0. The molecule has 1 atom stereocenters. The van der Waals surface area contributed by atoms with E-state index >= 15 is 0 Å². The van der Waals surface area contributed by atoms with E-state index in [1.165, 1.54) is 30.5 Å². The van der Waals surface area contributed by atoms with Gasteiger partial charge in [0.15, 0.2) is 0 Å². The number of hydrogen-bond acceptors (Lipinski definition) is 6. The first-order chi connectivity index (χ1) is 17.4. The van der Waals surface area contributed by atoms with Gasteiger partial charge in [-0.3, -0.25) is 4.79 Å². The second-order valence-corrected chi connectivity index (χ2v) is 10.6. The average molecular weight is 516 g/mol. The van der Waals surface area contributed by atoms with E-state index in [9.17, 15) is 17.6 Å². The molecular weight excluding hydrogens is 485 g/mol. The van der Waals surface area contributed by atoms with Crippen LogP contribution in [0, 0.1) is 5.82 Å². The van der Waals surface area contributed by atoms with Gasteiger partial charge in [0, 0.05) is 25.8 Å². The summed E-state index contributed by atoms with van der Waals surface area (Å²) in [7, 11) is -2.29. The fourth-order valence-electron chi connectivity index (χ4n) is 4.23. The summed E-state index contributed by atoms with van der Waals surface area (Å²) in [5, 5.41) is -0.0869. The van der Waals surface area contributed by atoms with Crippen LogP contribution in [0.2, 0.25) is 0 Å². The lowest BCUT2D eigenvalue weighted by Gasteiger charge is -2.24. The Morgan fingerprint density at radius 2 is 1.94 bits per heavy atom. The summed E-state index contributed by atoms with van der Waals surface area (Å²) in [6, 6.07) is 14.3. The molecule has 4 rings (SSSR count). The van der Waals surface area contributed by atoms with Crippen LogP contribution in [-0.2, 0) is 38.2 Å². The van der Waals surface area contributed by atoms with Crippen LogP contribution in [0.25, 0.3) is 0 Å². The molecule has 1 aliphatic rings. The third kappa shape index (κ3) is 6.37. The highest BCUT2D eigenvalue weighted by molar-refractivity contribution is 7.90. The highest BCUT2D eigenvalue weighted by Crippen LogP contribution is 2.23. The van der Waals surface area contributed by atoms with E-state index in [2.05, 4.69) is 4.98 Å². The minimum atomic E-state index is -3.86. The Bertz CT molecular complexity index is 1260. The lowest BCUT2D eigenvalue weighted by atomic mass is 10.2. The molecule has 0 N–H and O–H groups in total. The van der Waals surface area contributed by atoms with Crippen LogP contribution < -0.4 is 0 Å². The Morgan fingerprint density at radius 1 is 1.19 bits per heavy atom. The SMILES string of the molecule is COCCN(Cc1cnc(S(=O)(=O)Cc2ccc(F)cc2)n1CC1CCCO1)C(=O)c1ccccc1. The number of methoxy groups -OCH3 is 1. The van der Waals surface area contributed by atoms with E-state index in [0.717, 1.165) is 12.8 Å². The minimum Gasteiger partial charge on any atom is -0.383 e. The molecule has 0 aliphatic carbocycles. The standard InChI is InChI=1S/C26H30FN3O5S/c1-34-15-13-29(25(31)21-6-3-2-4-7-21)17-23-16-28-26(30(23)18-24-8-5-14-35-24)36(32,33)19-20-9-11-22(27)12-10-20/h2-4,6-7,9-12,16,24H,5,8,13-15,17-19H2,1H3. The highest BCUT2D eigenvalue weighted by Gasteiger charge is 2.28. The van der Waals surface area contributed by atoms with Crippen molar-refractivity contribution in [2.45, 2.75) is 42.9 Å². The number of amides is 1.